The van der Waals surface area contributed by atoms with Crippen LogP contribution in [0, 0.1) is 3.83 Å². The fourth-order valence-electron chi connectivity index (χ4n) is 1.46. The number of aryl methyl sites for hydroxylation is 1. The van der Waals surface area contributed by atoms with Gasteiger partial charge in [0.05, 0.1) is 0 Å². The Morgan fingerprint density at radius 2 is 2.21 bits per heavy atom. The summed E-state index contributed by atoms with van der Waals surface area (Å²) in [5, 5.41) is 1.44. The predicted octanol–water partition coefficient (Wildman–Crippen LogP) is 2.19. The molecule has 0 saturated heterocycles. The van der Waals surface area contributed by atoms with E-state index in [1.54, 1.807) is 11.8 Å². The molecule has 0 N–H and O–H groups in total. The third-order valence-electron chi connectivity index (χ3n) is 2.04. The number of aromatic nitrogens is 4. The van der Waals surface area contributed by atoms with Crippen LogP contribution in [0.15, 0.2) is 5.16 Å². The summed E-state index contributed by atoms with van der Waals surface area (Å²) >= 11 is 9.78. The number of imidazole rings is 1. The number of thioether (sulfide) groups is 1. The predicted molar refractivity (Wildman–Crippen MR) is 63.8 cm³/mol. The van der Waals surface area contributed by atoms with E-state index in [9.17, 15) is 0 Å². The van der Waals surface area contributed by atoms with Gasteiger partial charge < -0.3 is 4.57 Å². The minimum absolute atomic E-state index is 0.446. The van der Waals surface area contributed by atoms with Crippen LogP contribution in [0.2, 0.25) is 5.15 Å². The van der Waals surface area contributed by atoms with E-state index in [0.717, 1.165) is 23.1 Å². The Labute approximate surface area is 103 Å². The minimum atomic E-state index is 0.446. The molecule has 72 valence electrons. The van der Waals surface area contributed by atoms with Crippen LogP contribution < -0.4 is 0 Å². The molecule has 7 heteroatoms. The number of nitrogens with zero attached hydrogens (tertiary/aromatic N) is 4. The number of hydrogen-bond acceptors (Lipinski definition) is 4. The Kier molecular flexibility index (Phi) is 2.10. The Morgan fingerprint density at radius 1 is 1.36 bits per heavy atom. The summed E-state index contributed by atoms with van der Waals surface area (Å²) in [6.07, 6.45) is 0. The molecule has 1 aliphatic rings. The zero-order valence-electron chi connectivity index (χ0n) is 6.87. The zero-order valence-corrected chi connectivity index (χ0v) is 10.6. The normalized spacial score (nSPS) is 15.0. The molecule has 0 aliphatic carbocycles. The molecule has 1 aliphatic heterocycles. The third-order valence-corrected chi connectivity index (χ3v) is 3.74. The summed E-state index contributed by atoms with van der Waals surface area (Å²) in [4.78, 5) is 12.8. The van der Waals surface area contributed by atoms with Crippen LogP contribution in [-0.4, -0.2) is 25.3 Å². The molecule has 2 aromatic heterocycles. The highest BCUT2D eigenvalue weighted by molar-refractivity contribution is 14.1. The van der Waals surface area contributed by atoms with Gasteiger partial charge in [0.1, 0.15) is 5.52 Å². The molecule has 2 aromatic rings. The number of rotatable bonds is 0. The molecule has 0 saturated carbocycles. The van der Waals surface area contributed by atoms with E-state index in [4.69, 9.17) is 11.6 Å². The first-order valence-electron chi connectivity index (χ1n) is 3.98. The first kappa shape index (κ1) is 9.17. The maximum Gasteiger partial charge on any atom is 0.194 e. The van der Waals surface area contributed by atoms with E-state index in [0.29, 0.717) is 14.5 Å². The lowest BCUT2D eigenvalue weighted by atomic mass is 10.5. The van der Waals surface area contributed by atoms with E-state index >= 15 is 0 Å². The second-order valence-corrected chi connectivity index (χ2v) is 5.24. The second-order valence-electron chi connectivity index (χ2n) is 2.85. The molecule has 3 heterocycles. The molecular weight excluding hydrogens is 335 g/mol. The fourth-order valence-corrected chi connectivity index (χ4v) is 3.23. The quantitative estimate of drug-likeness (QED) is 0.420. The van der Waals surface area contributed by atoms with Crippen molar-refractivity contribution in [1.82, 2.24) is 19.5 Å². The van der Waals surface area contributed by atoms with Gasteiger partial charge in [0.2, 0.25) is 0 Å². The lowest BCUT2D eigenvalue weighted by Gasteiger charge is -1.97. The van der Waals surface area contributed by atoms with Crippen molar-refractivity contribution in [2.24, 2.45) is 0 Å². The molecule has 0 radical (unpaired) electrons. The summed E-state index contributed by atoms with van der Waals surface area (Å²) < 4.78 is 2.76. The van der Waals surface area contributed by atoms with Gasteiger partial charge in [0.15, 0.2) is 19.8 Å². The van der Waals surface area contributed by atoms with Gasteiger partial charge >= 0.3 is 0 Å². The van der Waals surface area contributed by atoms with E-state index < -0.39 is 0 Å². The Balaban J connectivity index is 2.43. The number of hydrogen-bond donors (Lipinski definition) is 0. The van der Waals surface area contributed by atoms with Gasteiger partial charge in [-0.05, 0) is 0 Å². The number of fused-ring (bicyclic) bond motifs is 3. The van der Waals surface area contributed by atoms with Crippen LogP contribution in [0.1, 0.15) is 0 Å². The first-order chi connectivity index (χ1) is 6.75. The summed E-state index contributed by atoms with van der Waals surface area (Å²) in [5.74, 6) is 1.07. The van der Waals surface area contributed by atoms with Crippen molar-refractivity contribution in [3.05, 3.63) is 8.98 Å². The van der Waals surface area contributed by atoms with Crippen LogP contribution in [0.3, 0.4) is 0 Å². The van der Waals surface area contributed by atoms with E-state index in [-0.39, 0.29) is 0 Å². The van der Waals surface area contributed by atoms with Gasteiger partial charge in [-0.15, -0.1) is 0 Å². The molecule has 0 atom stereocenters. The molecule has 14 heavy (non-hydrogen) atoms. The summed E-state index contributed by atoms with van der Waals surface area (Å²) in [6.45, 7) is 0.958. The molecule has 4 nitrogen and oxygen atoms in total. The van der Waals surface area contributed by atoms with Crippen LogP contribution in [0.5, 0.6) is 0 Å². The second kappa shape index (κ2) is 3.21. The third kappa shape index (κ3) is 1.24. The monoisotopic (exact) mass is 338 g/mol. The van der Waals surface area contributed by atoms with Crippen molar-refractivity contribution in [1.29, 1.82) is 0 Å². The summed E-state index contributed by atoms with van der Waals surface area (Å²) in [6, 6.07) is 0. The van der Waals surface area contributed by atoms with Crippen molar-refractivity contribution < 1.29 is 0 Å². The minimum Gasteiger partial charge on any atom is -0.303 e. The largest absolute Gasteiger partial charge is 0.303 e. The van der Waals surface area contributed by atoms with E-state index in [1.165, 1.54) is 0 Å². The highest BCUT2D eigenvalue weighted by Gasteiger charge is 2.20. The average Bonchev–Trinajstić information content (AvgIpc) is 2.65. The van der Waals surface area contributed by atoms with Crippen molar-refractivity contribution in [2.45, 2.75) is 11.7 Å². The number of halogens is 2. The van der Waals surface area contributed by atoms with Crippen molar-refractivity contribution in [3.63, 3.8) is 0 Å². The maximum absolute atomic E-state index is 5.99. The molecule has 0 aromatic carbocycles. The van der Waals surface area contributed by atoms with Gasteiger partial charge in [-0.2, -0.15) is 0 Å². The fraction of sp³-hybridized carbons (Fsp3) is 0.286. The molecule has 0 bridgehead atoms. The van der Waals surface area contributed by atoms with Crippen LogP contribution in [-0.2, 0) is 6.54 Å². The standard InChI is InChI=1S/C7H4ClIN4S/c8-4-3-5(12-6(9)11-4)13-1-2-14-7(13)10-3/h1-2H2. The van der Waals surface area contributed by atoms with Gasteiger partial charge in [0.25, 0.3) is 0 Å². The topological polar surface area (TPSA) is 43.6 Å². The van der Waals surface area contributed by atoms with Crippen LogP contribution in [0.4, 0.5) is 0 Å². The highest BCUT2D eigenvalue weighted by Crippen LogP contribution is 2.31. The Bertz CT molecular complexity index is 526. The Morgan fingerprint density at radius 3 is 3.07 bits per heavy atom. The SMILES string of the molecule is Clc1nc(I)nc2c1nc1n2CCS1. The lowest BCUT2D eigenvalue weighted by molar-refractivity contribution is 0.734. The van der Waals surface area contributed by atoms with Gasteiger partial charge in [-0.3, -0.25) is 0 Å². The lowest BCUT2D eigenvalue weighted by Crippen LogP contribution is -1.97. The van der Waals surface area contributed by atoms with E-state index in [2.05, 4.69) is 42.1 Å². The van der Waals surface area contributed by atoms with Crippen molar-refractivity contribution in [2.75, 3.05) is 5.75 Å². The van der Waals surface area contributed by atoms with E-state index in [1.807, 2.05) is 0 Å². The van der Waals surface area contributed by atoms with Crippen LogP contribution in [0.25, 0.3) is 11.2 Å². The van der Waals surface area contributed by atoms with Gasteiger partial charge in [-0.1, -0.05) is 23.4 Å². The molecule has 0 amide bonds. The highest BCUT2D eigenvalue weighted by atomic mass is 127. The van der Waals surface area contributed by atoms with Gasteiger partial charge in [0, 0.05) is 34.9 Å². The first-order valence-corrected chi connectivity index (χ1v) is 6.42. The van der Waals surface area contributed by atoms with Crippen LogP contribution >= 0.6 is 46.0 Å². The molecular formula is C7H4ClIN4S. The van der Waals surface area contributed by atoms with Crippen molar-refractivity contribution >= 4 is 57.1 Å². The molecule has 0 spiro atoms. The smallest absolute Gasteiger partial charge is 0.194 e. The maximum atomic E-state index is 5.99. The van der Waals surface area contributed by atoms with Gasteiger partial charge in [-0.25, -0.2) is 15.0 Å². The molecule has 0 unspecified atom stereocenters. The molecule has 0 fully saturated rings. The molecule has 3 rings (SSSR count). The van der Waals surface area contributed by atoms with Crippen molar-refractivity contribution in [3.8, 4) is 0 Å². The zero-order chi connectivity index (χ0) is 9.71. The summed E-state index contributed by atoms with van der Waals surface area (Å²) in [5.41, 5.74) is 1.57. The average molecular weight is 339 g/mol. The Hall–Kier alpha value is -0.0800. The summed E-state index contributed by atoms with van der Waals surface area (Å²) in [7, 11) is 0.